The molecule has 11 heteroatoms. The number of hydrogen-bond donors (Lipinski definition) is 0. The zero-order chi connectivity index (χ0) is 25.3. The van der Waals surface area contributed by atoms with Crippen LogP contribution in [0.15, 0.2) is 41.3 Å². The van der Waals surface area contributed by atoms with E-state index in [0.717, 1.165) is 28.6 Å². The van der Waals surface area contributed by atoms with Crippen molar-refractivity contribution < 1.29 is 13.2 Å². The Kier molecular flexibility index (Phi) is 9.41. The van der Waals surface area contributed by atoms with Crippen molar-refractivity contribution in [2.75, 3.05) is 45.2 Å². The van der Waals surface area contributed by atoms with Crippen LogP contribution in [0.2, 0.25) is 5.02 Å². The first-order chi connectivity index (χ1) is 16.6. The van der Waals surface area contributed by atoms with Gasteiger partial charge in [-0.3, -0.25) is 9.69 Å². The van der Waals surface area contributed by atoms with E-state index in [9.17, 15) is 13.2 Å². The van der Waals surface area contributed by atoms with Crippen molar-refractivity contribution in [3.63, 3.8) is 0 Å². The Hall–Kier alpha value is -1.75. The van der Waals surface area contributed by atoms with Gasteiger partial charge in [-0.1, -0.05) is 29.9 Å². The fourth-order valence-corrected chi connectivity index (χ4v) is 7.32. The van der Waals surface area contributed by atoms with Crippen molar-refractivity contribution in [2.24, 2.45) is 5.92 Å². The number of benzene rings is 2. The van der Waals surface area contributed by atoms with Gasteiger partial charge in [0.1, 0.15) is 0 Å². The summed E-state index contributed by atoms with van der Waals surface area (Å²) >= 11 is 7.65. The van der Waals surface area contributed by atoms with Crippen LogP contribution in [0.5, 0.6) is 0 Å². The molecule has 0 bridgehead atoms. The molecule has 36 heavy (non-hydrogen) atoms. The summed E-state index contributed by atoms with van der Waals surface area (Å²) in [5.74, 6) is 0.127. The topological polar surface area (TPSA) is 73.8 Å². The van der Waals surface area contributed by atoms with E-state index >= 15 is 0 Å². The molecule has 0 saturated carbocycles. The van der Waals surface area contributed by atoms with Crippen LogP contribution < -0.4 is 4.90 Å². The lowest BCUT2D eigenvalue weighted by molar-refractivity contribution is 0.0985. The molecule has 7 nitrogen and oxygen atoms in total. The first-order valence-electron chi connectivity index (χ1n) is 11.7. The van der Waals surface area contributed by atoms with Gasteiger partial charge in [-0.05, 0) is 81.7 Å². The first kappa shape index (κ1) is 28.8. The molecule has 1 aliphatic rings. The zero-order valence-corrected chi connectivity index (χ0v) is 24.1. The smallest absolute Gasteiger partial charge is 0.260 e. The third-order valence-electron chi connectivity index (χ3n) is 6.24. The minimum atomic E-state index is -3.58. The third-order valence-corrected chi connectivity index (χ3v) is 9.37. The van der Waals surface area contributed by atoms with Crippen LogP contribution in [0.1, 0.15) is 35.7 Å². The predicted molar refractivity (Wildman–Crippen MR) is 150 cm³/mol. The maximum Gasteiger partial charge on any atom is 0.260 e. The number of aryl methyl sites for hydroxylation is 1. The Bertz CT molecular complexity index is 1330. The summed E-state index contributed by atoms with van der Waals surface area (Å²) in [6.07, 6.45) is 1.91. The van der Waals surface area contributed by atoms with Crippen LogP contribution in [0, 0.1) is 12.8 Å². The number of amides is 1. The average molecular weight is 572 g/mol. The molecule has 2 heterocycles. The minimum absolute atomic E-state index is 0. The van der Waals surface area contributed by atoms with Crippen molar-refractivity contribution in [1.82, 2.24) is 14.2 Å². The summed E-state index contributed by atoms with van der Waals surface area (Å²) in [5.41, 5.74) is 2.20. The van der Waals surface area contributed by atoms with E-state index in [4.69, 9.17) is 16.6 Å². The number of rotatable bonds is 7. The molecule has 1 fully saturated rings. The lowest BCUT2D eigenvalue weighted by atomic mass is 10.0. The Labute approximate surface area is 228 Å². The summed E-state index contributed by atoms with van der Waals surface area (Å²) < 4.78 is 28.7. The van der Waals surface area contributed by atoms with Gasteiger partial charge >= 0.3 is 0 Å². The van der Waals surface area contributed by atoms with E-state index in [1.54, 1.807) is 21.3 Å². The van der Waals surface area contributed by atoms with E-state index in [1.165, 1.54) is 23.5 Å². The number of thiazole rings is 1. The first-order valence-corrected chi connectivity index (χ1v) is 14.3. The van der Waals surface area contributed by atoms with Crippen LogP contribution in [0.3, 0.4) is 0 Å². The number of nitrogens with zero attached hydrogens (tertiary/aromatic N) is 4. The molecule has 1 unspecified atom stereocenters. The van der Waals surface area contributed by atoms with Gasteiger partial charge in [0, 0.05) is 36.8 Å². The number of carbonyl (C=O) groups is 1. The van der Waals surface area contributed by atoms with Crippen LogP contribution in [-0.2, 0) is 10.0 Å². The van der Waals surface area contributed by atoms with Gasteiger partial charge in [0.15, 0.2) is 5.13 Å². The van der Waals surface area contributed by atoms with Crippen LogP contribution in [0.25, 0.3) is 10.2 Å². The standard InChI is InChI=1S/C25H31ClN4O3S2.ClH/c1-17-6-5-11-29(16-17)35(32,33)21-9-7-19(8-10-21)24(31)30(13-12-28(3)4)25-27-23-18(2)14-20(26)15-22(23)34-25;/h7-10,14-15,17H,5-6,11-13,16H2,1-4H3;1H. The quantitative estimate of drug-likeness (QED) is 0.385. The molecular weight excluding hydrogens is 539 g/mol. The number of likely N-dealkylation sites (N-methyl/N-ethyl adjacent to an activating group) is 1. The normalized spacial score (nSPS) is 16.8. The Morgan fingerprint density at radius 3 is 2.53 bits per heavy atom. The molecule has 4 rings (SSSR count). The van der Waals surface area contributed by atoms with Crippen LogP contribution >= 0.6 is 35.3 Å². The van der Waals surface area contributed by atoms with Crippen molar-refractivity contribution in [3.05, 3.63) is 52.5 Å². The number of fused-ring (bicyclic) bond motifs is 1. The highest BCUT2D eigenvalue weighted by Crippen LogP contribution is 2.34. The lowest BCUT2D eigenvalue weighted by Crippen LogP contribution is -2.39. The highest BCUT2D eigenvalue weighted by Gasteiger charge is 2.29. The molecule has 1 amide bonds. The Morgan fingerprint density at radius 1 is 1.19 bits per heavy atom. The molecule has 196 valence electrons. The SMILES string of the molecule is Cc1cc(Cl)cc2sc(N(CCN(C)C)C(=O)c3ccc(S(=O)(=O)N4CCCC(C)C4)cc3)nc12.Cl. The van der Waals surface area contributed by atoms with Gasteiger partial charge in [0.05, 0.1) is 15.1 Å². The van der Waals surface area contributed by atoms with Crippen LogP contribution in [0.4, 0.5) is 5.13 Å². The molecule has 1 atom stereocenters. The summed E-state index contributed by atoms with van der Waals surface area (Å²) in [5, 5.41) is 1.23. The molecule has 0 radical (unpaired) electrons. The van der Waals surface area contributed by atoms with Gasteiger partial charge in [-0.15, -0.1) is 12.4 Å². The summed E-state index contributed by atoms with van der Waals surface area (Å²) in [4.78, 5) is 22.2. The second kappa shape index (κ2) is 11.8. The molecular formula is C25H32Cl2N4O3S2. The molecule has 1 saturated heterocycles. The zero-order valence-electron chi connectivity index (χ0n) is 20.9. The maximum atomic E-state index is 13.6. The minimum Gasteiger partial charge on any atom is -0.308 e. The van der Waals surface area contributed by atoms with Gasteiger partial charge < -0.3 is 4.90 Å². The largest absolute Gasteiger partial charge is 0.308 e. The number of hydrogen-bond acceptors (Lipinski definition) is 6. The Morgan fingerprint density at radius 2 is 1.89 bits per heavy atom. The van der Waals surface area contributed by atoms with Gasteiger partial charge in [0.25, 0.3) is 5.91 Å². The van der Waals surface area contributed by atoms with Crippen molar-refractivity contribution in [3.8, 4) is 0 Å². The van der Waals surface area contributed by atoms with E-state index in [1.807, 2.05) is 38.1 Å². The molecule has 0 spiro atoms. The number of piperidine rings is 1. The van der Waals surface area contributed by atoms with Crippen LogP contribution in [-0.4, -0.2) is 68.8 Å². The van der Waals surface area contributed by atoms with E-state index in [2.05, 4.69) is 6.92 Å². The Balaban J connectivity index is 0.00000361. The molecule has 2 aromatic carbocycles. The predicted octanol–water partition coefficient (Wildman–Crippen LogP) is 5.31. The third kappa shape index (κ3) is 6.20. The molecule has 1 aromatic heterocycles. The molecule has 1 aliphatic heterocycles. The molecule has 0 aliphatic carbocycles. The second-order valence-electron chi connectivity index (χ2n) is 9.46. The maximum absolute atomic E-state index is 13.6. The summed E-state index contributed by atoms with van der Waals surface area (Å²) in [6, 6.07) is 9.99. The van der Waals surface area contributed by atoms with E-state index in [-0.39, 0.29) is 23.2 Å². The second-order valence-corrected chi connectivity index (χ2v) is 12.8. The fraction of sp³-hybridized carbons (Fsp3) is 0.440. The summed E-state index contributed by atoms with van der Waals surface area (Å²) in [6.45, 7) is 6.19. The number of aromatic nitrogens is 1. The van der Waals surface area contributed by atoms with Gasteiger partial charge in [-0.25, -0.2) is 13.4 Å². The number of carbonyl (C=O) groups excluding carboxylic acids is 1. The number of anilines is 1. The van der Waals surface area contributed by atoms with Crippen molar-refractivity contribution in [2.45, 2.75) is 31.6 Å². The lowest BCUT2D eigenvalue weighted by Gasteiger charge is -2.30. The fourth-order valence-electron chi connectivity index (χ4n) is 4.28. The highest BCUT2D eigenvalue weighted by molar-refractivity contribution is 7.89. The highest BCUT2D eigenvalue weighted by atomic mass is 35.5. The number of sulfonamides is 1. The molecule has 0 N–H and O–H groups in total. The van der Waals surface area contributed by atoms with Gasteiger partial charge in [0.2, 0.25) is 10.0 Å². The van der Waals surface area contributed by atoms with Gasteiger partial charge in [-0.2, -0.15) is 4.31 Å². The van der Waals surface area contributed by atoms with Crippen molar-refractivity contribution in [1.29, 1.82) is 0 Å². The van der Waals surface area contributed by atoms with E-state index < -0.39 is 10.0 Å². The van der Waals surface area contributed by atoms with E-state index in [0.29, 0.717) is 47.8 Å². The van der Waals surface area contributed by atoms with Crippen molar-refractivity contribution >= 4 is 66.6 Å². The summed E-state index contributed by atoms with van der Waals surface area (Å²) in [7, 11) is 0.322. The monoisotopic (exact) mass is 570 g/mol. The number of halogens is 2. The molecule has 3 aromatic rings. The average Bonchev–Trinajstić information content (AvgIpc) is 3.23.